The Hall–Kier alpha value is -2.27. The first-order chi connectivity index (χ1) is 9.11. The van der Waals surface area contributed by atoms with Gasteiger partial charge in [0.1, 0.15) is 5.69 Å². The third kappa shape index (κ3) is 2.95. The summed E-state index contributed by atoms with van der Waals surface area (Å²) >= 11 is 5.89. The Labute approximate surface area is 116 Å². The number of nitrogens with two attached hydrogens (primary N) is 1. The van der Waals surface area contributed by atoms with Crippen LogP contribution in [0, 0.1) is 0 Å². The molecule has 0 saturated carbocycles. The minimum absolute atomic E-state index is 0.291. The Morgan fingerprint density at radius 3 is 2.68 bits per heavy atom. The second kappa shape index (κ2) is 5.58. The predicted octanol–water partition coefficient (Wildman–Crippen LogP) is 1.92. The van der Waals surface area contributed by atoms with Crippen molar-refractivity contribution in [2.45, 2.75) is 0 Å². The molecule has 1 aromatic carbocycles. The molecule has 0 spiro atoms. The molecule has 6 heteroatoms. The van der Waals surface area contributed by atoms with Gasteiger partial charge in [-0.15, -0.1) is 4.68 Å². The SMILES string of the molecule is C=[N+](NC(N)=NC)c1cccn1-c1ccc(Cl)cc1. The maximum absolute atomic E-state index is 5.89. The van der Waals surface area contributed by atoms with Gasteiger partial charge in [-0.3, -0.25) is 4.99 Å². The number of hydrogen-bond donors (Lipinski definition) is 2. The van der Waals surface area contributed by atoms with Crippen molar-refractivity contribution in [2.24, 2.45) is 10.7 Å². The molecule has 0 saturated heterocycles. The van der Waals surface area contributed by atoms with Crippen LogP contribution in [-0.2, 0) is 0 Å². The van der Waals surface area contributed by atoms with Crippen molar-refractivity contribution in [2.75, 3.05) is 7.05 Å². The first-order valence-electron chi connectivity index (χ1n) is 5.64. The minimum Gasteiger partial charge on any atom is -0.367 e. The van der Waals surface area contributed by atoms with Gasteiger partial charge in [0.25, 0.3) is 0 Å². The minimum atomic E-state index is 0.291. The molecule has 0 atom stereocenters. The zero-order chi connectivity index (χ0) is 13.8. The number of guanidine groups is 1. The second-order valence-electron chi connectivity index (χ2n) is 3.86. The molecule has 5 nitrogen and oxygen atoms in total. The summed E-state index contributed by atoms with van der Waals surface area (Å²) in [7, 11) is 1.61. The van der Waals surface area contributed by atoms with Gasteiger partial charge in [-0.25, -0.2) is 0 Å². The molecule has 0 radical (unpaired) electrons. The molecule has 0 aliphatic carbocycles. The summed E-state index contributed by atoms with van der Waals surface area (Å²) in [4.78, 5) is 3.83. The van der Waals surface area contributed by atoms with Crippen molar-refractivity contribution in [1.29, 1.82) is 0 Å². The van der Waals surface area contributed by atoms with E-state index in [1.807, 2.05) is 47.2 Å². The maximum Gasteiger partial charge on any atom is 0.309 e. The lowest BCUT2D eigenvalue weighted by Gasteiger charge is -2.07. The monoisotopic (exact) mass is 276 g/mol. The zero-order valence-electron chi connectivity index (χ0n) is 10.5. The summed E-state index contributed by atoms with van der Waals surface area (Å²) in [5.41, 5.74) is 9.45. The molecule has 0 aliphatic rings. The standard InChI is InChI=1S/C13H15ClN5/c1-16-13(15)17-18(2)12-4-3-9-19(12)11-7-5-10(14)6-8-11/h3-9H,2H2,1H3,(H3,15,16,17)/q+1. The highest BCUT2D eigenvalue weighted by atomic mass is 35.5. The highest BCUT2D eigenvalue weighted by Crippen LogP contribution is 2.20. The lowest BCUT2D eigenvalue weighted by Crippen LogP contribution is -2.37. The van der Waals surface area contributed by atoms with Crippen molar-refractivity contribution >= 4 is 30.1 Å². The predicted molar refractivity (Wildman–Crippen MR) is 78.5 cm³/mol. The van der Waals surface area contributed by atoms with Crippen LogP contribution >= 0.6 is 11.6 Å². The van der Waals surface area contributed by atoms with E-state index in [4.69, 9.17) is 17.3 Å². The van der Waals surface area contributed by atoms with Crippen molar-refractivity contribution in [1.82, 2.24) is 9.99 Å². The summed E-state index contributed by atoms with van der Waals surface area (Å²) in [6.07, 6.45) is 1.93. The van der Waals surface area contributed by atoms with Crippen LogP contribution in [0.2, 0.25) is 5.02 Å². The Bertz CT molecular complexity index is 612. The molecule has 2 aromatic rings. The van der Waals surface area contributed by atoms with Crippen LogP contribution in [0.3, 0.4) is 0 Å². The molecule has 3 N–H and O–H groups in total. The van der Waals surface area contributed by atoms with Gasteiger partial charge < -0.3 is 5.73 Å². The normalized spacial score (nSPS) is 11.4. The number of benzene rings is 1. The summed E-state index contributed by atoms with van der Waals surface area (Å²) in [6.45, 7) is 3.89. The fraction of sp³-hybridized carbons (Fsp3) is 0.0769. The number of hydrazone groups is 1. The van der Waals surface area contributed by atoms with Crippen LogP contribution in [-0.4, -0.2) is 29.0 Å². The van der Waals surface area contributed by atoms with E-state index in [2.05, 4.69) is 17.1 Å². The van der Waals surface area contributed by atoms with E-state index in [0.29, 0.717) is 11.0 Å². The number of hydrogen-bond acceptors (Lipinski definition) is 1. The van der Waals surface area contributed by atoms with Crippen LogP contribution in [0.4, 0.5) is 5.82 Å². The van der Waals surface area contributed by atoms with Gasteiger partial charge in [0, 0.05) is 18.1 Å². The van der Waals surface area contributed by atoms with Gasteiger partial charge in [0.05, 0.1) is 12.9 Å². The average Bonchev–Trinajstić information content (AvgIpc) is 2.88. The third-order valence-electron chi connectivity index (χ3n) is 2.60. The number of hydrazine groups is 1. The van der Waals surface area contributed by atoms with Crippen LogP contribution in [0.1, 0.15) is 0 Å². The molecule has 1 aromatic heterocycles. The second-order valence-corrected chi connectivity index (χ2v) is 4.30. The fourth-order valence-electron chi connectivity index (χ4n) is 1.66. The van der Waals surface area contributed by atoms with E-state index in [0.717, 1.165) is 11.5 Å². The summed E-state index contributed by atoms with van der Waals surface area (Å²) in [5.74, 6) is 1.12. The average molecular weight is 277 g/mol. The molecule has 0 bridgehead atoms. The fourth-order valence-corrected chi connectivity index (χ4v) is 1.78. The van der Waals surface area contributed by atoms with Crippen molar-refractivity contribution in [3.8, 4) is 5.69 Å². The largest absolute Gasteiger partial charge is 0.367 e. The smallest absolute Gasteiger partial charge is 0.309 e. The lowest BCUT2D eigenvalue weighted by atomic mass is 10.3. The lowest BCUT2D eigenvalue weighted by molar-refractivity contribution is -0.483. The molecule has 0 amide bonds. The van der Waals surface area contributed by atoms with Crippen molar-refractivity contribution < 1.29 is 4.68 Å². The van der Waals surface area contributed by atoms with Crippen LogP contribution in [0.25, 0.3) is 5.69 Å². The molecule has 0 aliphatic heterocycles. The van der Waals surface area contributed by atoms with E-state index in [-0.39, 0.29) is 0 Å². The van der Waals surface area contributed by atoms with Gasteiger partial charge in [0.2, 0.25) is 5.96 Å². The van der Waals surface area contributed by atoms with Crippen LogP contribution in [0.15, 0.2) is 47.6 Å². The van der Waals surface area contributed by atoms with E-state index in [9.17, 15) is 0 Å². The summed E-state index contributed by atoms with van der Waals surface area (Å²) < 4.78 is 3.51. The van der Waals surface area contributed by atoms with E-state index in [1.54, 1.807) is 11.7 Å². The number of aliphatic imine (C=N–C) groups is 1. The molecule has 19 heavy (non-hydrogen) atoms. The number of halogens is 1. The van der Waals surface area contributed by atoms with Gasteiger partial charge in [0.15, 0.2) is 0 Å². The topological polar surface area (TPSA) is 58.4 Å². The van der Waals surface area contributed by atoms with Crippen molar-refractivity contribution in [3.05, 3.63) is 47.6 Å². The molecule has 0 unspecified atom stereocenters. The third-order valence-corrected chi connectivity index (χ3v) is 2.85. The van der Waals surface area contributed by atoms with Crippen molar-refractivity contribution in [3.63, 3.8) is 0 Å². The molecule has 0 fully saturated rings. The Kier molecular flexibility index (Phi) is 3.87. The zero-order valence-corrected chi connectivity index (χ0v) is 11.3. The number of rotatable bonds is 3. The first kappa shape index (κ1) is 13.2. The summed E-state index contributed by atoms with van der Waals surface area (Å²) in [6, 6.07) is 11.4. The Morgan fingerprint density at radius 2 is 2.05 bits per heavy atom. The van der Waals surface area contributed by atoms with E-state index in [1.165, 1.54) is 0 Å². The molecular formula is C13H15ClN5+. The maximum atomic E-state index is 5.89. The molecular weight excluding hydrogens is 262 g/mol. The molecule has 2 rings (SSSR count). The van der Waals surface area contributed by atoms with Gasteiger partial charge in [-0.05, 0) is 30.3 Å². The molecule has 1 heterocycles. The highest BCUT2D eigenvalue weighted by molar-refractivity contribution is 6.30. The Balaban J connectivity index is 2.32. The highest BCUT2D eigenvalue weighted by Gasteiger charge is 2.15. The number of nitrogens with zero attached hydrogens (tertiary/aromatic N) is 3. The first-order valence-corrected chi connectivity index (χ1v) is 6.02. The van der Waals surface area contributed by atoms with Gasteiger partial charge in [-0.1, -0.05) is 11.6 Å². The quantitative estimate of drug-likeness (QED) is 0.389. The number of aromatic nitrogens is 1. The van der Waals surface area contributed by atoms with E-state index < -0.39 is 0 Å². The van der Waals surface area contributed by atoms with Gasteiger partial charge >= 0.3 is 5.82 Å². The van der Waals surface area contributed by atoms with Gasteiger partial charge in [-0.2, -0.15) is 9.99 Å². The van der Waals surface area contributed by atoms with Crippen LogP contribution < -0.4 is 11.2 Å². The number of nitrogens with one attached hydrogen (secondary N) is 1. The molecule has 98 valence electrons. The Morgan fingerprint density at radius 1 is 1.37 bits per heavy atom. The van der Waals surface area contributed by atoms with E-state index >= 15 is 0 Å². The summed E-state index contributed by atoms with van der Waals surface area (Å²) in [5, 5.41) is 0.699. The van der Waals surface area contributed by atoms with Crippen LogP contribution in [0.5, 0.6) is 0 Å².